The van der Waals surface area contributed by atoms with E-state index in [0.29, 0.717) is 13.0 Å². The number of halogens is 1. The van der Waals surface area contributed by atoms with Crippen molar-refractivity contribution in [3.05, 3.63) is 65.5 Å². The Bertz CT molecular complexity index is 644. The summed E-state index contributed by atoms with van der Waals surface area (Å²) in [5.41, 5.74) is 1.12. The first-order valence-corrected chi connectivity index (χ1v) is 8.51. The van der Waals surface area contributed by atoms with E-state index in [1.165, 1.54) is 12.1 Å². The Kier molecular flexibility index (Phi) is 6.57. The Morgan fingerprint density at radius 1 is 1.00 bits per heavy atom. The Hall–Kier alpha value is -1.91. The Morgan fingerprint density at radius 2 is 1.56 bits per heavy atom. The molecule has 0 bridgehead atoms. The minimum Gasteiger partial charge on any atom is -0.497 e. The highest BCUT2D eigenvalue weighted by Crippen LogP contribution is 2.27. The Balaban J connectivity index is 2.02. The van der Waals surface area contributed by atoms with Crippen LogP contribution in [-0.4, -0.2) is 23.9 Å². The van der Waals surface area contributed by atoms with Crippen LogP contribution >= 0.6 is 0 Å². The fourth-order valence-electron chi connectivity index (χ4n) is 2.93. The molecule has 136 valence electrons. The van der Waals surface area contributed by atoms with E-state index in [0.717, 1.165) is 16.9 Å². The van der Waals surface area contributed by atoms with Gasteiger partial charge in [0.25, 0.3) is 0 Å². The average molecular weight is 346 g/mol. The van der Waals surface area contributed by atoms with Crippen LogP contribution in [0.3, 0.4) is 0 Å². The molecule has 0 aromatic heterocycles. The molecule has 2 aromatic rings. The minimum atomic E-state index is -0.909. The molecule has 2 rings (SSSR count). The molecule has 0 radical (unpaired) electrons. The zero-order valence-corrected chi connectivity index (χ0v) is 15.3. The first-order valence-electron chi connectivity index (χ1n) is 8.51. The molecular formula is C21H27FO3. The molecule has 0 spiro atoms. The highest BCUT2D eigenvalue weighted by atomic mass is 19.1. The summed E-state index contributed by atoms with van der Waals surface area (Å²) >= 11 is 0. The van der Waals surface area contributed by atoms with Crippen molar-refractivity contribution in [1.82, 2.24) is 0 Å². The Labute approximate surface area is 149 Å². The lowest BCUT2D eigenvalue weighted by Crippen LogP contribution is -2.40. The van der Waals surface area contributed by atoms with Gasteiger partial charge in [-0.3, -0.25) is 0 Å². The number of aliphatic hydroxyl groups is 1. The average Bonchev–Trinajstić information content (AvgIpc) is 2.58. The highest BCUT2D eigenvalue weighted by molar-refractivity contribution is 5.26. The van der Waals surface area contributed by atoms with Crippen LogP contribution in [-0.2, 0) is 17.8 Å². The van der Waals surface area contributed by atoms with Crippen molar-refractivity contribution in [2.24, 2.45) is 5.92 Å². The summed E-state index contributed by atoms with van der Waals surface area (Å²) < 4.78 is 24.3. The summed E-state index contributed by atoms with van der Waals surface area (Å²) in [5.74, 6) is 0.436. The molecule has 0 saturated carbocycles. The summed E-state index contributed by atoms with van der Waals surface area (Å²) in [4.78, 5) is 0. The molecule has 2 aromatic carbocycles. The van der Waals surface area contributed by atoms with Crippen LogP contribution in [0.25, 0.3) is 0 Å². The third-order valence-corrected chi connectivity index (χ3v) is 4.51. The smallest absolute Gasteiger partial charge is 0.123 e. The van der Waals surface area contributed by atoms with E-state index in [2.05, 4.69) is 0 Å². The molecular weight excluding hydrogens is 319 g/mol. The summed E-state index contributed by atoms with van der Waals surface area (Å²) in [7, 11) is 1.64. The van der Waals surface area contributed by atoms with Gasteiger partial charge in [0.2, 0.25) is 0 Å². The van der Waals surface area contributed by atoms with Crippen molar-refractivity contribution in [1.29, 1.82) is 0 Å². The van der Waals surface area contributed by atoms with Gasteiger partial charge in [0.05, 0.1) is 25.4 Å². The fraction of sp³-hybridized carbons (Fsp3) is 0.429. The molecule has 1 N–H and O–H groups in total. The van der Waals surface area contributed by atoms with Gasteiger partial charge in [-0.1, -0.05) is 24.3 Å². The molecule has 0 fully saturated rings. The number of ether oxygens (including phenoxy) is 2. The summed E-state index contributed by atoms with van der Waals surface area (Å²) in [6.07, 6.45) is 0.459. The van der Waals surface area contributed by atoms with Crippen LogP contribution < -0.4 is 4.74 Å². The second kappa shape index (κ2) is 8.45. The molecule has 0 aliphatic carbocycles. The summed E-state index contributed by atoms with van der Waals surface area (Å²) in [5, 5.41) is 10.6. The zero-order chi connectivity index (χ0) is 18.4. The third kappa shape index (κ3) is 5.83. The SMILES string of the molecule is COc1ccc(COC(C)C(Cc2ccc(F)cc2)C(C)(C)O)cc1. The van der Waals surface area contributed by atoms with E-state index in [1.807, 2.05) is 31.2 Å². The van der Waals surface area contributed by atoms with E-state index in [4.69, 9.17) is 9.47 Å². The van der Waals surface area contributed by atoms with Crippen molar-refractivity contribution >= 4 is 0 Å². The maximum atomic E-state index is 13.1. The second-order valence-corrected chi connectivity index (χ2v) is 6.95. The van der Waals surface area contributed by atoms with Crippen LogP contribution in [0, 0.1) is 11.7 Å². The molecule has 0 amide bonds. The molecule has 2 atom stereocenters. The van der Waals surface area contributed by atoms with E-state index < -0.39 is 5.60 Å². The van der Waals surface area contributed by atoms with E-state index in [1.54, 1.807) is 33.1 Å². The molecule has 0 heterocycles. The largest absolute Gasteiger partial charge is 0.497 e. The van der Waals surface area contributed by atoms with Crippen LogP contribution in [0.2, 0.25) is 0 Å². The van der Waals surface area contributed by atoms with Gasteiger partial charge < -0.3 is 14.6 Å². The predicted molar refractivity (Wildman–Crippen MR) is 97.1 cm³/mol. The van der Waals surface area contributed by atoms with Gasteiger partial charge in [-0.05, 0) is 62.6 Å². The lowest BCUT2D eigenvalue weighted by Gasteiger charge is -2.34. The monoisotopic (exact) mass is 346 g/mol. The maximum absolute atomic E-state index is 13.1. The van der Waals surface area contributed by atoms with Gasteiger partial charge in [0, 0.05) is 5.92 Å². The number of methoxy groups -OCH3 is 1. The van der Waals surface area contributed by atoms with Gasteiger partial charge >= 0.3 is 0 Å². The van der Waals surface area contributed by atoms with Crippen LogP contribution in [0.1, 0.15) is 31.9 Å². The molecule has 3 nitrogen and oxygen atoms in total. The maximum Gasteiger partial charge on any atom is 0.123 e. The topological polar surface area (TPSA) is 38.7 Å². The second-order valence-electron chi connectivity index (χ2n) is 6.95. The minimum absolute atomic E-state index is 0.115. The van der Waals surface area contributed by atoms with Crippen molar-refractivity contribution in [3.8, 4) is 5.75 Å². The lowest BCUT2D eigenvalue weighted by molar-refractivity contribution is -0.0746. The van der Waals surface area contributed by atoms with E-state index >= 15 is 0 Å². The fourth-order valence-corrected chi connectivity index (χ4v) is 2.93. The molecule has 25 heavy (non-hydrogen) atoms. The van der Waals surface area contributed by atoms with Crippen molar-refractivity contribution in [3.63, 3.8) is 0 Å². The van der Waals surface area contributed by atoms with Crippen molar-refractivity contribution < 1.29 is 19.0 Å². The van der Waals surface area contributed by atoms with Gasteiger partial charge in [-0.15, -0.1) is 0 Å². The Morgan fingerprint density at radius 3 is 2.08 bits per heavy atom. The van der Waals surface area contributed by atoms with Crippen LogP contribution in [0.5, 0.6) is 5.75 Å². The van der Waals surface area contributed by atoms with E-state index in [9.17, 15) is 9.50 Å². The first-order chi connectivity index (χ1) is 11.8. The number of benzene rings is 2. The third-order valence-electron chi connectivity index (χ3n) is 4.51. The molecule has 2 unspecified atom stereocenters. The van der Waals surface area contributed by atoms with E-state index in [-0.39, 0.29) is 17.8 Å². The summed E-state index contributed by atoms with van der Waals surface area (Å²) in [6.45, 7) is 6.00. The summed E-state index contributed by atoms with van der Waals surface area (Å²) in [6, 6.07) is 14.1. The van der Waals surface area contributed by atoms with Crippen LogP contribution in [0.15, 0.2) is 48.5 Å². The number of hydrogen-bond acceptors (Lipinski definition) is 3. The molecule has 4 heteroatoms. The first kappa shape index (κ1) is 19.4. The van der Waals surface area contributed by atoms with Crippen LogP contribution in [0.4, 0.5) is 4.39 Å². The van der Waals surface area contributed by atoms with Gasteiger partial charge in [-0.2, -0.15) is 0 Å². The van der Waals surface area contributed by atoms with Gasteiger partial charge in [-0.25, -0.2) is 4.39 Å². The number of hydrogen-bond donors (Lipinski definition) is 1. The molecule has 0 aliphatic rings. The zero-order valence-electron chi connectivity index (χ0n) is 15.3. The predicted octanol–water partition coefficient (Wildman–Crippen LogP) is 4.37. The molecule has 0 saturated heterocycles. The van der Waals surface area contributed by atoms with Gasteiger partial charge in [0.1, 0.15) is 11.6 Å². The van der Waals surface area contributed by atoms with Gasteiger partial charge in [0.15, 0.2) is 0 Å². The number of rotatable bonds is 8. The quantitative estimate of drug-likeness (QED) is 0.771. The lowest BCUT2D eigenvalue weighted by atomic mass is 9.82. The van der Waals surface area contributed by atoms with Crippen molar-refractivity contribution in [2.75, 3.05) is 7.11 Å². The highest BCUT2D eigenvalue weighted by Gasteiger charge is 2.32. The molecule has 0 aliphatic heterocycles. The van der Waals surface area contributed by atoms with Crippen molar-refractivity contribution in [2.45, 2.75) is 45.5 Å². The standard InChI is InChI=1S/C21H27FO3/c1-15(25-14-17-7-11-19(24-4)12-8-17)20(21(2,3)23)13-16-5-9-18(22)10-6-16/h5-12,15,20,23H,13-14H2,1-4H3. The normalized spacial score (nSPS) is 14.2.